The van der Waals surface area contributed by atoms with E-state index < -0.39 is 16.1 Å². The topological polar surface area (TPSA) is 84.5 Å². The molecule has 2 N–H and O–H groups in total. The Morgan fingerprint density at radius 1 is 0.931 bits per heavy atom. The fourth-order valence-corrected chi connectivity index (χ4v) is 3.88. The molecule has 6 nitrogen and oxygen atoms in total. The van der Waals surface area contributed by atoms with E-state index in [0.717, 1.165) is 0 Å². The highest BCUT2D eigenvalue weighted by atomic mass is 32.2. The number of amides is 1. The second-order valence-corrected chi connectivity index (χ2v) is 10.0. The van der Waals surface area contributed by atoms with E-state index in [1.165, 1.54) is 17.7 Å². The monoisotopic (exact) mass is 418 g/mol. The van der Waals surface area contributed by atoms with Crippen molar-refractivity contribution in [3.05, 3.63) is 54.1 Å². The molecule has 2 aromatic rings. The Bertz CT molecular complexity index is 928. The highest BCUT2D eigenvalue weighted by Crippen LogP contribution is 2.24. The van der Waals surface area contributed by atoms with Crippen LogP contribution in [0.3, 0.4) is 0 Å². The third-order valence-corrected chi connectivity index (χ3v) is 5.90. The highest BCUT2D eigenvalue weighted by molar-refractivity contribution is 7.89. The molecular formula is C22H30N2O4S. The summed E-state index contributed by atoms with van der Waals surface area (Å²) in [4.78, 5) is 12.5. The Hall–Kier alpha value is -2.38. The third kappa shape index (κ3) is 6.58. The first-order chi connectivity index (χ1) is 13.4. The van der Waals surface area contributed by atoms with E-state index in [-0.39, 0.29) is 22.3 Å². The number of hydrogen-bond donors (Lipinski definition) is 2. The molecule has 2 aromatic carbocycles. The summed E-state index contributed by atoms with van der Waals surface area (Å²) in [6.45, 7) is 11.6. The van der Waals surface area contributed by atoms with Gasteiger partial charge in [-0.05, 0) is 68.1 Å². The number of nitrogens with one attached hydrogen (secondary N) is 2. The van der Waals surface area contributed by atoms with Crippen molar-refractivity contribution in [3.63, 3.8) is 0 Å². The molecule has 7 heteroatoms. The summed E-state index contributed by atoms with van der Waals surface area (Å²) >= 11 is 0. The third-order valence-electron chi connectivity index (χ3n) is 4.23. The van der Waals surface area contributed by atoms with Crippen LogP contribution in [0.5, 0.6) is 5.75 Å². The first kappa shape index (κ1) is 22.9. The lowest BCUT2D eigenvalue weighted by Gasteiger charge is -2.20. The van der Waals surface area contributed by atoms with Gasteiger partial charge >= 0.3 is 0 Å². The van der Waals surface area contributed by atoms with Gasteiger partial charge in [-0.25, -0.2) is 13.1 Å². The van der Waals surface area contributed by atoms with Crippen LogP contribution in [0.4, 0.5) is 5.69 Å². The Balaban J connectivity index is 1.99. The van der Waals surface area contributed by atoms with Crippen LogP contribution in [-0.2, 0) is 20.2 Å². The molecule has 0 aromatic heterocycles. The van der Waals surface area contributed by atoms with E-state index in [0.29, 0.717) is 11.4 Å². The zero-order chi connectivity index (χ0) is 21.8. The molecule has 0 aliphatic rings. The molecule has 0 bridgehead atoms. The van der Waals surface area contributed by atoms with Crippen LogP contribution in [0.15, 0.2) is 53.4 Å². The van der Waals surface area contributed by atoms with E-state index in [4.69, 9.17) is 4.74 Å². The van der Waals surface area contributed by atoms with Gasteiger partial charge in [-0.3, -0.25) is 4.79 Å². The minimum atomic E-state index is -3.56. The average Bonchev–Trinajstić information content (AvgIpc) is 2.60. The SMILES string of the molecule is CC(C)NS(=O)(=O)c1ccc(NC(=O)C(C)Oc2ccc(C(C)(C)C)cc2)cc1. The number of carbonyl (C=O) groups excluding carboxylic acids is 1. The van der Waals surface area contributed by atoms with Gasteiger partial charge in [0.05, 0.1) is 4.90 Å². The zero-order valence-electron chi connectivity index (χ0n) is 17.8. The van der Waals surface area contributed by atoms with Crippen molar-refractivity contribution in [2.75, 3.05) is 5.32 Å². The van der Waals surface area contributed by atoms with Crippen LogP contribution in [0.25, 0.3) is 0 Å². The number of hydrogen-bond acceptors (Lipinski definition) is 4. The largest absolute Gasteiger partial charge is 0.481 e. The molecular weight excluding hydrogens is 388 g/mol. The molecule has 158 valence electrons. The molecule has 0 spiro atoms. The number of rotatable bonds is 7. The molecule has 0 heterocycles. The van der Waals surface area contributed by atoms with Gasteiger partial charge in [-0.2, -0.15) is 0 Å². The lowest BCUT2D eigenvalue weighted by atomic mass is 9.87. The van der Waals surface area contributed by atoms with Crippen LogP contribution in [0.1, 0.15) is 47.1 Å². The molecule has 1 atom stereocenters. The predicted molar refractivity (Wildman–Crippen MR) is 116 cm³/mol. The molecule has 0 radical (unpaired) electrons. The lowest BCUT2D eigenvalue weighted by molar-refractivity contribution is -0.122. The zero-order valence-corrected chi connectivity index (χ0v) is 18.6. The van der Waals surface area contributed by atoms with Crippen molar-refractivity contribution in [3.8, 4) is 5.75 Å². The van der Waals surface area contributed by atoms with Crippen LogP contribution in [0, 0.1) is 0 Å². The summed E-state index contributed by atoms with van der Waals surface area (Å²) in [6, 6.07) is 13.5. The summed E-state index contributed by atoms with van der Waals surface area (Å²) in [5, 5.41) is 2.74. The molecule has 0 aliphatic heterocycles. The van der Waals surface area contributed by atoms with Crippen LogP contribution < -0.4 is 14.8 Å². The van der Waals surface area contributed by atoms with Crippen molar-refractivity contribution in [1.29, 1.82) is 0 Å². The van der Waals surface area contributed by atoms with Gasteiger partial charge in [0.15, 0.2) is 6.10 Å². The van der Waals surface area contributed by atoms with Crippen molar-refractivity contribution < 1.29 is 17.9 Å². The maximum Gasteiger partial charge on any atom is 0.265 e. The molecule has 0 fully saturated rings. The van der Waals surface area contributed by atoms with Gasteiger partial charge in [-0.15, -0.1) is 0 Å². The lowest BCUT2D eigenvalue weighted by Crippen LogP contribution is -2.31. The van der Waals surface area contributed by atoms with Crippen LogP contribution in [0.2, 0.25) is 0 Å². The number of carbonyl (C=O) groups is 1. The number of anilines is 1. The second-order valence-electron chi connectivity index (χ2n) is 8.32. The van der Waals surface area contributed by atoms with E-state index in [9.17, 15) is 13.2 Å². The van der Waals surface area contributed by atoms with Crippen molar-refractivity contribution >= 4 is 21.6 Å². The normalized spacial score (nSPS) is 13.2. The number of benzene rings is 2. The van der Waals surface area contributed by atoms with Gasteiger partial charge in [0.25, 0.3) is 5.91 Å². The minimum absolute atomic E-state index is 0.0475. The summed E-state index contributed by atoms with van der Waals surface area (Å²) in [5.41, 5.74) is 1.73. The van der Waals surface area contributed by atoms with Crippen LogP contribution >= 0.6 is 0 Å². The van der Waals surface area contributed by atoms with Crippen molar-refractivity contribution in [2.24, 2.45) is 0 Å². The van der Waals surface area contributed by atoms with Crippen molar-refractivity contribution in [2.45, 2.75) is 64.0 Å². The quantitative estimate of drug-likeness (QED) is 0.710. The Kier molecular flexibility index (Phi) is 7.08. The molecule has 0 saturated heterocycles. The number of ether oxygens (including phenoxy) is 1. The summed E-state index contributed by atoms with van der Waals surface area (Å²) in [6.07, 6.45) is -0.707. The van der Waals surface area contributed by atoms with Gasteiger partial charge < -0.3 is 10.1 Å². The van der Waals surface area contributed by atoms with Gasteiger partial charge in [-0.1, -0.05) is 32.9 Å². The van der Waals surface area contributed by atoms with E-state index >= 15 is 0 Å². The summed E-state index contributed by atoms with van der Waals surface area (Å²) in [7, 11) is -3.56. The first-order valence-electron chi connectivity index (χ1n) is 9.59. The average molecular weight is 419 g/mol. The first-order valence-corrected chi connectivity index (χ1v) is 11.1. The Morgan fingerprint density at radius 3 is 1.97 bits per heavy atom. The maximum atomic E-state index is 12.4. The van der Waals surface area contributed by atoms with Gasteiger partial charge in [0.1, 0.15) is 5.75 Å². The van der Waals surface area contributed by atoms with Crippen molar-refractivity contribution in [1.82, 2.24) is 4.72 Å². The maximum absolute atomic E-state index is 12.4. The second kappa shape index (κ2) is 8.97. The minimum Gasteiger partial charge on any atom is -0.481 e. The molecule has 1 unspecified atom stereocenters. The Labute approximate surface area is 173 Å². The van der Waals surface area contributed by atoms with E-state index in [1.54, 1.807) is 32.9 Å². The summed E-state index contributed by atoms with van der Waals surface area (Å²) in [5.74, 6) is 0.294. The predicted octanol–water partition coefficient (Wildman–Crippen LogP) is 4.08. The fourth-order valence-electron chi connectivity index (χ4n) is 2.63. The molecule has 0 saturated carbocycles. The Morgan fingerprint density at radius 2 is 1.48 bits per heavy atom. The van der Waals surface area contributed by atoms with Gasteiger partial charge in [0, 0.05) is 11.7 Å². The molecule has 1 amide bonds. The van der Waals surface area contributed by atoms with Gasteiger partial charge in [0.2, 0.25) is 10.0 Å². The standard InChI is InChI=1S/C22H30N2O4S/c1-15(2)24-29(26,27)20-13-9-18(10-14-20)23-21(25)16(3)28-19-11-7-17(8-12-19)22(4,5)6/h7-16,24H,1-6H3,(H,23,25). The fraction of sp³-hybridized carbons (Fsp3) is 0.409. The molecule has 29 heavy (non-hydrogen) atoms. The molecule has 0 aliphatic carbocycles. The highest BCUT2D eigenvalue weighted by Gasteiger charge is 2.18. The molecule has 2 rings (SSSR count). The van der Waals surface area contributed by atoms with Crippen LogP contribution in [-0.4, -0.2) is 26.5 Å². The number of sulfonamides is 1. The summed E-state index contributed by atoms with van der Waals surface area (Å²) < 4.78 is 32.5. The van der Waals surface area contributed by atoms with E-state index in [2.05, 4.69) is 30.8 Å². The van der Waals surface area contributed by atoms with E-state index in [1.807, 2.05) is 24.3 Å². The smallest absolute Gasteiger partial charge is 0.265 e.